The molecule has 0 aromatic heterocycles. The van der Waals surface area contributed by atoms with Crippen LogP contribution in [0.25, 0.3) is 0 Å². The molecule has 0 aliphatic carbocycles. The Labute approximate surface area is 138 Å². The van der Waals surface area contributed by atoms with Crippen molar-refractivity contribution in [2.45, 2.75) is 26.0 Å². The normalized spacial score (nSPS) is 17.9. The van der Waals surface area contributed by atoms with Gasteiger partial charge in [0.05, 0.1) is 6.10 Å². The zero-order valence-electron chi connectivity index (χ0n) is 13.9. The Morgan fingerprint density at radius 1 is 1.26 bits per heavy atom. The van der Waals surface area contributed by atoms with E-state index in [0.29, 0.717) is 0 Å². The molecule has 1 unspecified atom stereocenters. The number of carboxylic acid groups (broad SMARTS) is 1. The Morgan fingerprint density at radius 2 is 1.87 bits per heavy atom. The maximum absolute atomic E-state index is 11.8. The molecule has 1 aliphatic rings. The second-order valence-electron chi connectivity index (χ2n) is 6.10. The van der Waals surface area contributed by atoms with Gasteiger partial charge < -0.3 is 9.84 Å². The van der Waals surface area contributed by atoms with E-state index < -0.39 is 12.0 Å². The number of carbonyl (C=O) groups is 1. The molecule has 1 fully saturated rings. The largest absolute Gasteiger partial charge is 0.491 e. The number of piperazine rings is 1. The van der Waals surface area contributed by atoms with Crippen molar-refractivity contribution in [2.24, 2.45) is 0 Å². The van der Waals surface area contributed by atoms with Crippen molar-refractivity contribution in [2.75, 3.05) is 32.7 Å². The van der Waals surface area contributed by atoms with Gasteiger partial charge in [0.15, 0.2) is 0 Å². The molecule has 5 nitrogen and oxygen atoms in total. The molecule has 1 atom stereocenters. The topological polar surface area (TPSA) is 53.0 Å². The van der Waals surface area contributed by atoms with Gasteiger partial charge in [-0.15, -0.1) is 6.58 Å². The molecule has 1 N–H and O–H groups in total. The summed E-state index contributed by atoms with van der Waals surface area (Å²) < 4.78 is 5.62. The molecular weight excluding hydrogens is 292 g/mol. The molecule has 0 saturated carbocycles. The SMILES string of the molecule is C=CCN1CCN(C(C(=O)O)c2ccc(OC(C)C)cc2)CC1. The first kappa shape index (κ1) is 17.5. The molecule has 5 heteroatoms. The second-order valence-corrected chi connectivity index (χ2v) is 6.10. The third kappa shape index (κ3) is 4.81. The van der Waals surface area contributed by atoms with Crippen LogP contribution in [0, 0.1) is 0 Å². The first-order valence-electron chi connectivity index (χ1n) is 8.08. The summed E-state index contributed by atoms with van der Waals surface area (Å²) >= 11 is 0. The summed E-state index contributed by atoms with van der Waals surface area (Å²) in [5, 5.41) is 9.66. The Hall–Kier alpha value is -1.85. The first-order chi connectivity index (χ1) is 11.0. The van der Waals surface area contributed by atoms with Crippen LogP contribution in [0.2, 0.25) is 0 Å². The number of carboxylic acids is 1. The van der Waals surface area contributed by atoms with Crippen molar-refractivity contribution in [1.82, 2.24) is 9.80 Å². The van der Waals surface area contributed by atoms with E-state index in [9.17, 15) is 9.90 Å². The molecule has 1 aromatic rings. The first-order valence-corrected chi connectivity index (χ1v) is 8.08. The van der Waals surface area contributed by atoms with Crippen LogP contribution in [0.3, 0.4) is 0 Å². The molecule has 1 aliphatic heterocycles. The summed E-state index contributed by atoms with van der Waals surface area (Å²) in [6.07, 6.45) is 1.99. The average Bonchev–Trinajstić information content (AvgIpc) is 2.50. The maximum Gasteiger partial charge on any atom is 0.325 e. The van der Waals surface area contributed by atoms with Gasteiger partial charge in [-0.1, -0.05) is 18.2 Å². The summed E-state index contributed by atoms with van der Waals surface area (Å²) in [6.45, 7) is 11.8. The van der Waals surface area contributed by atoms with Crippen LogP contribution < -0.4 is 4.74 Å². The van der Waals surface area contributed by atoms with Crippen LogP contribution in [-0.4, -0.2) is 59.7 Å². The van der Waals surface area contributed by atoms with Gasteiger partial charge in [0.1, 0.15) is 11.8 Å². The van der Waals surface area contributed by atoms with Gasteiger partial charge in [0.2, 0.25) is 0 Å². The lowest BCUT2D eigenvalue weighted by molar-refractivity contribution is -0.144. The van der Waals surface area contributed by atoms with E-state index in [-0.39, 0.29) is 6.10 Å². The number of benzene rings is 1. The fourth-order valence-corrected chi connectivity index (χ4v) is 2.90. The predicted octanol–water partition coefficient (Wildman–Crippen LogP) is 2.40. The van der Waals surface area contributed by atoms with E-state index >= 15 is 0 Å². The number of hydrogen-bond acceptors (Lipinski definition) is 4. The molecule has 0 bridgehead atoms. The second kappa shape index (κ2) is 8.13. The zero-order valence-corrected chi connectivity index (χ0v) is 13.9. The zero-order chi connectivity index (χ0) is 16.8. The van der Waals surface area contributed by atoms with Crippen LogP contribution in [-0.2, 0) is 4.79 Å². The quantitative estimate of drug-likeness (QED) is 0.783. The minimum atomic E-state index is -0.806. The number of ether oxygens (including phenoxy) is 1. The summed E-state index contributed by atoms with van der Waals surface area (Å²) in [4.78, 5) is 16.1. The standard InChI is InChI=1S/C18H26N2O3/c1-4-9-19-10-12-20(13-11-19)17(18(21)22)15-5-7-16(8-6-15)23-14(2)3/h4-8,14,17H,1,9-13H2,2-3H3,(H,21,22). The summed E-state index contributed by atoms with van der Waals surface area (Å²) in [5.74, 6) is -0.0385. The molecule has 0 radical (unpaired) electrons. The molecule has 1 aromatic carbocycles. The van der Waals surface area contributed by atoms with Crippen LogP contribution in [0.5, 0.6) is 5.75 Å². The van der Waals surface area contributed by atoms with Crippen molar-refractivity contribution in [3.63, 3.8) is 0 Å². The molecule has 0 spiro atoms. The van der Waals surface area contributed by atoms with Gasteiger partial charge in [-0.05, 0) is 31.5 Å². The highest BCUT2D eigenvalue weighted by Gasteiger charge is 2.30. The fraction of sp³-hybridized carbons (Fsp3) is 0.500. The minimum absolute atomic E-state index is 0.106. The van der Waals surface area contributed by atoms with Gasteiger partial charge in [-0.25, -0.2) is 0 Å². The van der Waals surface area contributed by atoms with E-state index in [1.54, 1.807) is 0 Å². The Morgan fingerprint density at radius 3 is 2.35 bits per heavy atom. The molecule has 126 valence electrons. The highest BCUT2D eigenvalue weighted by molar-refractivity contribution is 5.75. The van der Waals surface area contributed by atoms with Gasteiger partial charge in [0, 0.05) is 32.7 Å². The van der Waals surface area contributed by atoms with Crippen molar-refractivity contribution in [1.29, 1.82) is 0 Å². The highest BCUT2D eigenvalue weighted by atomic mass is 16.5. The van der Waals surface area contributed by atoms with Crippen LogP contribution in [0.1, 0.15) is 25.5 Å². The molecular formula is C18H26N2O3. The van der Waals surface area contributed by atoms with Crippen LogP contribution in [0.4, 0.5) is 0 Å². The van der Waals surface area contributed by atoms with Crippen LogP contribution in [0.15, 0.2) is 36.9 Å². The Bertz CT molecular complexity index is 520. The molecule has 1 saturated heterocycles. The molecule has 0 amide bonds. The van der Waals surface area contributed by atoms with Gasteiger partial charge in [-0.3, -0.25) is 14.6 Å². The lowest BCUT2D eigenvalue weighted by atomic mass is 10.0. The van der Waals surface area contributed by atoms with Gasteiger partial charge in [-0.2, -0.15) is 0 Å². The van der Waals surface area contributed by atoms with E-state index in [0.717, 1.165) is 44.0 Å². The van der Waals surface area contributed by atoms with Crippen molar-refractivity contribution >= 4 is 5.97 Å². The van der Waals surface area contributed by atoms with Gasteiger partial charge in [0.25, 0.3) is 0 Å². The van der Waals surface area contributed by atoms with Crippen molar-refractivity contribution < 1.29 is 14.6 Å². The Balaban J connectivity index is 2.07. The number of nitrogens with zero attached hydrogens (tertiary/aromatic N) is 2. The van der Waals surface area contributed by atoms with Gasteiger partial charge >= 0.3 is 5.97 Å². The smallest absolute Gasteiger partial charge is 0.325 e. The van der Waals surface area contributed by atoms with Crippen molar-refractivity contribution in [3.8, 4) is 5.75 Å². The number of hydrogen-bond donors (Lipinski definition) is 1. The average molecular weight is 318 g/mol. The molecule has 2 rings (SSSR count). The summed E-state index contributed by atoms with van der Waals surface area (Å²) in [6, 6.07) is 6.80. The minimum Gasteiger partial charge on any atom is -0.491 e. The Kier molecular flexibility index (Phi) is 6.19. The van der Waals surface area contributed by atoms with E-state index in [4.69, 9.17) is 4.74 Å². The summed E-state index contributed by atoms with van der Waals surface area (Å²) in [5.41, 5.74) is 0.797. The highest BCUT2D eigenvalue weighted by Crippen LogP contribution is 2.25. The maximum atomic E-state index is 11.8. The lowest BCUT2D eigenvalue weighted by Gasteiger charge is -2.37. The number of rotatable bonds is 7. The van der Waals surface area contributed by atoms with Crippen molar-refractivity contribution in [3.05, 3.63) is 42.5 Å². The molecule has 1 heterocycles. The molecule has 23 heavy (non-hydrogen) atoms. The van der Waals surface area contributed by atoms with E-state index in [1.165, 1.54) is 0 Å². The predicted molar refractivity (Wildman–Crippen MR) is 90.8 cm³/mol. The monoisotopic (exact) mass is 318 g/mol. The lowest BCUT2D eigenvalue weighted by Crippen LogP contribution is -2.49. The van der Waals surface area contributed by atoms with E-state index in [2.05, 4.69) is 11.5 Å². The summed E-state index contributed by atoms with van der Waals surface area (Å²) in [7, 11) is 0. The van der Waals surface area contributed by atoms with Crippen LogP contribution >= 0.6 is 0 Å². The number of aliphatic carboxylic acids is 1. The third-order valence-corrected chi connectivity index (χ3v) is 3.96. The van der Waals surface area contributed by atoms with E-state index in [1.807, 2.05) is 49.1 Å². The third-order valence-electron chi connectivity index (χ3n) is 3.96. The fourth-order valence-electron chi connectivity index (χ4n) is 2.90.